The summed E-state index contributed by atoms with van der Waals surface area (Å²) in [4.78, 5) is 39.3. The van der Waals surface area contributed by atoms with E-state index in [1.807, 2.05) is 0 Å². The van der Waals surface area contributed by atoms with E-state index in [4.69, 9.17) is 4.74 Å². The molecule has 7 heteroatoms. The Morgan fingerprint density at radius 3 is 2.47 bits per heavy atom. The third-order valence-electron chi connectivity index (χ3n) is 6.15. The van der Waals surface area contributed by atoms with Gasteiger partial charge in [0.25, 0.3) is 0 Å². The van der Waals surface area contributed by atoms with Gasteiger partial charge in [-0.3, -0.25) is 14.4 Å². The zero-order chi connectivity index (χ0) is 21.8. The molecule has 0 radical (unpaired) electrons. The molecule has 0 aliphatic carbocycles. The Morgan fingerprint density at radius 1 is 1.07 bits per heavy atom. The molecule has 2 rings (SSSR count). The Balaban J connectivity index is 1.71. The van der Waals surface area contributed by atoms with Gasteiger partial charge in [-0.25, -0.2) is 0 Å². The Kier molecular flexibility index (Phi) is 11.2. The van der Waals surface area contributed by atoms with Gasteiger partial charge < -0.3 is 20.3 Å². The minimum absolute atomic E-state index is 0.0720. The van der Waals surface area contributed by atoms with Crippen LogP contribution in [0, 0.1) is 0 Å². The fourth-order valence-corrected chi connectivity index (χ4v) is 4.35. The third kappa shape index (κ3) is 8.25. The van der Waals surface area contributed by atoms with Crippen LogP contribution in [0.3, 0.4) is 0 Å². The van der Waals surface area contributed by atoms with Crippen molar-refractivity contribution >= 4 is 17.8 Å². The van der Waals surface area contributed by atoms with Crippen LogP contribution in [0.15, 0.2) is 0 Å². The molecule has 7 nitrogen and oxygen atoms in total. The maximum Gasteiger partial charge on any atom is 0.308 e. The van der Waals surface area contributed by atoms with Crippen molar-refractivity contribution < 1.29 is 19.1 Å². The average Bonchev–Trinajstić information content (AvgIpc) is 2.73. The lowest BCUT2D eigenvalue weighted by atomic mass is 9.97. The number of hydrogen-bond acceptors (Lipinski definition) is 5. The van der Waals surface area contributed by atoms with Gasteiger partial charge in [-0.1, -0.05) is 51.9 Å². The zero-order valence-corrected chi connectivity index (χ0v) is 18.9. The molecule has 2 saturated heterocycles. The van der Waals surface area contributed by atoms with Crippen LogP contribution >= 0.6 is 0 Å². The van der Waals surface area contributed by atoms with Crippen molar-refractivity contribution in [3.63, 3.8) is 0 Å². The van der Waals surface area contributed by atoms with Crippen LogP contribution in [0.4, 0.5) is 0 Å². The standard InChI is InChI=1S/C23H41N3O4/c1-3-4-5-6-7-8-9-10-16-30-21(27)17-20-22(28)24-14-15-26(20)23(29)19-13-11-12-18(2)25-19/h18-20,25H,3-17H2,1-2H3,(H,24,28). The molecule has 2 aliphatic rings. The highest BCUT2D eigenvalue weighted by Gasteiger charge is 2.38. The first kappa shape index (κ1) is 24.6. The second-order valence-corrected chi connectivity index (χ2v) is 8.79. The molecule has 2 N–H and O–H groups in total. The van der Waals surface area contributed by atoms with Gasteiger partial charge in [-0.15, -0.1) is 0 Å². The van der Waals surface area contributed by atoms with Crippen molar-refractivity contribution in [2.24, 2.45) is 0 Å². The smallest absolute Gasteiger partial charge is 0.308 e. The van der Waals surface area contributed by atoms with E-state index in [2.05, 4.69) is 24.5 Å². The van der Waals surface area contributed by atoms with Crippen LogP contribution in [-0.2, 0) is 19.1 Å². The number of nitrogens with zero attached hydrogens (tertiary/aromatic N) is 1. The van der Waals surface area contributed by atoms with Crippen molar-refractivity contribution in [1.29, 1.82) is 0 Å². The van der Waals surface area contributed by atoms with E-state index in [-0.39, 0.29) is 24.3 Å². The SMILES string of the molecule is CCCCCCCCCCOC(=O)CC1C(=O)NCCN1C(=O)C1CCCC(C)N1. The fourth-order valence-electron chi connectivity index (χ4n) is 4.35. The van der Waals surface area contributed by atoms with Crippen molar-refractivity contribution in [3.05, 3.63) is 0 Å². The average molecular weight is 424 g/mol. The highest BCUT2D eigenvalue weighted by Crippen LogP contribution is 2.18. The predicted octanol–water partition coefficient (Wildman–Crippen LogP) is 2.92. The van der Waals surface area contributed by atoms with E-state index in [1.165, 1.54) is 38.5 Å². The van der Waals surface area contributed by atoms with Gasteiger partial charge in [0.15, 0.2) is 0 Å². The van der Waals surface area contributed by atoms with Crippen molar-refractivity contribution in [2.45, 2.75) is 109 Å². The molecule has 0 aromatic carbocycles. The first-order valence-corrected chi connectivity index (χ1v) is 12.0. The summed E-state index contributed by atoms with van der Waals surface area (Å²) in [7, 11) is 0. The number of ether oxygens (including phenoxy) is 1. The molecule has 3 unspecified atom stereocenters. The second-order valence-electron chi connectivity index (χ2n) is 8.79. The van der Waals surface area contributed by atoms with Gasteiger partial charge in [-0.05, 0) is 32.6 Å². The molecular weight excluding hydrogens is 382 g/mol. The van der Waals surface area contributed by atoms with Crippen LogP contribution in [0.1, 0.15) is 90.9 Å². The minimum Gasteiger partial charge on any atom is -0.466 e. The summed E-state index contributed by atoms with van der Waals surface area (Å²) in [6, 6.07) is -0.742. The Hall–Kier alpha value is -1.63. The van der Waals surface area contributed by atoms with Gasteiger partial charge >= 0.3 is 5.97 Å². The minimum atomic E-state index is -0.767. The highest BCUT2D eigenvalue weighted by atomic mass is 16.5. The van der Waals surface area contributed by atoms with Crippen molar-refractivity contribution in [3.8, 4) is 0 Å². The van der Waals surface area contributed by atoms with Crippen molar-refractivity contribution in [1.82, 2.24) is 15.5 Å². The van der Waals surface area contributed by atoms with Crippen LogP contribution < -0.4 is 10.6 Å². The van der Waals surface area contributed by atoms with E-state index in [1.54, 1.807) is 4.90 Å². The monoisotopic (exact) mass is 423 g/mol. The largest absolute Gasteiger partial charge is 0.466 e. The summed E-state index contributed by atoms with van der Waals surface area (Å²) < 4.78 is 5.36. The van der Waals surface area contributed by atoms with Crippen LogP contribution in [-0.4, -0.2) is 60.5 Å². The molecule has 2 heterocycles. The number of esters is 1. The fraction of sp³-hybridized carbons (Fsp3) is 0.870. The molecule has 2 amide bonds. The number of piperidine rings is 1. The number of amides is 2. The molecular formula is C23H41N3O4. The third-order valence-corrected chi connectivity index (χ3v) is 6.15. The molecule has 0 bridgehead atoms. The number of carbonyl (C=O) groups excluding carboxylic acids is 3. The summed E-state index contributed by atoms with van der Waals surface area (Å²) in [5.74, 6) is -0.734. The van der Waals surface area contributed by atoms with Gasteiger partial charge in [0.2, 0.25) is 11.8 Å². The predicted molar refractivity (Wildman–Crippen MR) is 117 cm³/mol. The first-order chi connectivity index (χ1) is 14.5. The van der Waals surface area contributed by atoms with E-state index in [9.17, 15) is 14.4 Å². The van der Waals surface area contributed by atoms with Gasteiger partial charge in [-0.2, -0.15) is 0 Å². The van der Waals surface area contributed by atoms with Crippen LogP contribution in [0.2, 0.25) is 0 Å². The van der Waals surface area contributed by atoms with Crippen LogP contribution in [0.5, 0.6) is 0 Å². The van der Waals surface area contributed by atoms with Gasteiger partial charge in [0.1, 0.15) is 6.04 Å². The molecule has 3 atom stereocenters. The Morgan fingerprint density at radius 2 is 1.77 bits per heavy atom. The van der Waals surface area contributed by atoms with Gasteiger partial charge in [0, 0.05) is 19.1 Å². The number of unbranched alkanes of at least 4 members (excludes halogenated alkanes) is 7. The molecule has 2 fully saturated rings. The first-order valence-electron chi connectivity index (χ1n) is 12.0. The van der Waals surface area contributed by atoms with E-state index >= 15 is 0 Å². The van der Waals surface area contributed by atoms with E-state index in [0.29, 0.717) is 25.7 Å². The molecule has 0 saturated carbocycles. The van der Waals surface area contributed by atoms with Gasteiger partial charge in [0.05, 0.1) is 19.1 Å². The quantitative estimate of drug-likeness (QED) is 0.372. The molecule has 0 spiro atoms. The van der Waals surface area contributed by atoms with E-state index < -0.39 is 12.0 Å². The Labute approximate surface area is 181 Å². The lowest BCUT2D eigenvalue weighted by Crippen LogP contribution is -2.62. The van der Waals surface area contributed by atoms with Crippen molar-refractivity contribution in [2.75, 3.05) is 19.7 Å². The summed E-state index contributed by atoms with van der Waals surface area (Å²) in [6.45, 7) is 5.54. The number of rotatable bonds is 12. The van der Waals surface area contributed by atoms with Crippen LogP contribution in [0.25, 0.3) is 0 Å². The summed E-state index contributed by atoms with van der Waals surface area (Å²) in [6.07, 6.45) is 12.2. The maximum absolute atomic E-state index is 13.0. The topological polar surface area (TPSA) is 87.7 Å². The molecule has 0 aromatic rings. The lowest BCUT2D eigenvalue weighted by Gasteiger charge is -2.38. The summed E-state index contributed by atoms with van der Waals surface area (Å²) >= 11 is 0. The molecule has 30 heavy (non-hydrogen) atoms. The highest BCUT2D eigenvalue weighted by molar-refractivity contribution is 5.93. The molecule has 0 aromatic heterocycles. The summed E-state index contributed by atoms with van der Waals surface area (Å²) in [5, 5.41) is 6.11. The normalized spacial score (nSPS) is 24.4. The number of piperazine rings is 1. The number of nitrogens with one attached hydrogen (secondary N) is 2. The van der Waals surface area contributed by atoms with E-state index in [0.717, 1.165) is 32.1 Å². The lowest BCUT2D eigenvalue weighted by molar-refractivity contribution is -0.152. The number of hydrogen-bond donors (Lipinski definition) is 2. The second kappa shape index (κ2) is 13.6. The zero-order valence-electron chi connectivity index (χ0n) is 18.9. The molecule has 172 valence electrons. The number of carbonyl (C=O) groups is 3. The Bertz CT molecular complexity index is 555. The molecule has 2 aliphatic heterocycles. The summed E-state index contributed by atoms with van der Waals surface area (Å²) in [5.41, 5.74) is 0. The maximum atomic E-state index is 13.0.